The molecule has 0 aliphatic carbocycles. The number of ether oxygens (including phenoxy) is 1. The molecule has 1 aromatic heterocycles. The van der Waals surface area contributed by atoms with Gasteiger partial charge in [-0.25, -0.2) is 18.7 Å². The molecule has 0 saturated heterocycles. The highest BCUT2D eigenvalue weighted by atomic mass is 19.3. The van der Waals surface area contributed by atoms with Crippen LogP contribution in [0.25, 0.3) is 0 Å². The molecule has 0 fully saturated rings. The van der Waals surface area contributed by atoms with Crippen LogP contribution in [0.15, 0.2) is 12.4 Å². The van der Waals surface area contributed by atoms with Crippen molar-refractivity contribution in [1.82, 2.24) is 9.97 Å². The normalized spacial score (nSPS) is 10.8. The Morgan fingerprint density at radius 2 is 2.00 bits per heavy atom. The van der Waals surface area contributed by atoms with Crippen LogP contribution in [-0.2, 0) is 11.2 Å². The third kappa shape index (κ3) is 4.08. The first-order valence-electron chi connectivity index (χ1n) is 4.11. The quantitative estimate of drug-likeness (QED) is 0.722. The van der Waals surface area contributed by atoms with Crippen molar-refractivity contribution in [2.24, 2.45) is 0 Å². The van der Waals surface area contributed by atoms with Gasteiger partial charge >= 0.3 is 0 Å². The van der Waals surface area contributed by atoms with Crippen LogP contribution in [0.1, 0.15) is 5.82 Å². The number of nitrogens with two attached hydrogens (primary N) is 1. The molecule has 2 N–H and O–H groups in total. The number of aromatic nitrogens is 2. The molecule has 0 saturated carbocycles. The molecule has 0 aromatic carbocycles. The molecule has 1 aromatic rings. The summed E-state index contributed by atoms with van der Waals surface area (Å²) in [6.07, 6.45) is 0.917. The van der Waals surface area contributed by atoms with E-state index in [0.29, 0.717) is 17.9 Å². The Hall–Kier alpha value is -1.30. The average molecular weight is 203 g/mol. The first-order valence-corrected chi connectivity index (χ1v) is 4.11. The first-order chi connectivity index (χ1) is 6.68. The zero-order valence-electron chi connectivity index (χ0n) is 7.49. The van der Waals surface area contributed by atoms with Gasteiger partial charge in [-0.15, -0.1) is 0 Å². The highest BCUT2D eigenvalue weighted by Gasteiger charge is 2.02. The predicted octanol–water partition coefficient (Wildman–Crippen LogP) is 0.883. The van der Waals surface area contributed by atoms with Gasteiger partial charge in [0.25, 0.3) is 6.43 Å². The molecular weight excluding hydrogens is 192 g/mol. The van der Waals surface area contributed by atoms with E-state index in [1.54, 1.807) is 0 Å². The molecule has 6 heteroatoms. The lowest BCUT2D eigenvalue weighted by Gasteiger charge is -2.02. The molecule has 78 valence electrons. The van der Waals surface area contributed by atoms with Gasteiger partial charge in [0, 0.05) is 6.42 Å². The monoisotopic (exact) mass is 203 g/mol. The maximum atomic E-state index is 11.6. The third-order valence-electron chi connectivity index (χ3n) is 1.44. The largest absolute Gasteiger partial charge is 0.396 e. The standard InChI is InChI=1S/C8H11F2N3O/c9-7(10)5-14-2-1-8-12-3-6(11)4-13-8/h3-4,7H,1-2,5,11H2. The molecule has 0 aliphatic rings. The van der Waals surface area contributed by atoms with Gasteiger partial charge in [-0.1, -0.05) is 0 Å². The van der Waals surface area contributed by atoms with E-state index in [1.165, 1.54) is 12.4 Å². The van der Waals surface area contributed by atoms with Crippen molar-refractivity contribution in [3.63, 3.8) is 0 Å². The molecule has 0 unspecified atom stereocenters. The maximum Gasteiger partial charge on any atom is 0.261 e. The van der Waals surface area contributed by atoms with Crippen molar-refractivity contribution in [2.75, 3.05) is 18.9 Å². The highest BCUT2D eigenvalue weighted by Crippen LogP contribution is 1.98. The SMILES string of the molecule is Nc1cnc(CCOCC(F)F)nc1. The van der Waals surface area contributed by atoms with E-state index in [2.05, 4.69) is 14.7 Å². The molecule has 14 heavy (non-hydrogen) atoms. The van der Waals surface area contributed by atoms with Crippen molar-refractivity contribution in [3.05, 3.63) is 18.2 Å². The van der Waals surface area contributed by atoms with E-state index in [0.717, 1.165) is 0 Å². The van der Waals surface area contributed by atoms with Crippen molar-refractivity contribution in [1.29, 1.82) is 0 Å². The van der Waals surface area contributed by atoms with Gasteiger partial charge in [-0.05, 0) is 0 Å². The Labute approximate surface area is 80.1 Å². The lowest BCUT2D eigenvalue weighted by Crippen LogP contribution is -2.08. The number of nitrogens with zero attached hydrogens (tertiary/aromatic N) is 2. The average Bonchev–Trinajstić information content (AvgIpc) is 2.15. The van der Waals surface area contributed by atoms with Crippen LogP contribution in [-0.4, -0.2) is 29.6 Å². The summed E-state index contributed by atoms with van der Waals surface area (Å²) < 4.78 is 27.9. The molecule has 0 spiro atoms. The van der Waals surface area contributed by atoms with Crippen molar-refractivity contribution in [3.8, 4) is 0 Å². The fraction of sp³-hybridized carbons (Fsp3) is 0.500. The number of nitrogen functional groups attached to an aromatic ring is 1. The number of hydrogen-bond acceptors (Lipinski definition) is 4. The van der Waals surface area contributed by atoms with E-state index in [-0.39, 0.29) is 6.61 Å². The van der Waals surface area contributed by atoms with Crippen LogP contribution in [0.5, 0.6) is 0 Å². The van der Waals surface area contributed by atoms with E-state index < -0.39 is 13.0 Å². The van der Waals surface area contributed by atoms with Gasteiger partial charge in [0.05, 0.1) is 24.7 Å². The Kier molecular flexibility index (Phi) is 4.18. The van der Waals surface area contributed by atoms with Gasteiger partial charge < -0.3 is 10.5 Å². The molecule has 1 rings (SSSR count). The minimum atomic E-state index is -2.43. The third-order valence-corrected chi connectivity index (χ3v) is 1.44. The number of anilines is 1. The van der Waals surface area contributed by atoms with Crippen LogP contribution in [0.3, 0.4) is 0 Å². The van der Waals surface area contributed by atoms with Gasteiger partial charge in [0.2, 0.25) is 0 Å². The number of rotatable bonds is 5. The van der Waals surface area contributed by atoms with Crippen molar-refractivity contribution < 1.29 is 13.5 Å². The minimum Gasteiger partial charge on any atom is -0.396 e. The van der Waals surface area contributed by atoms with Gasteiger partial charge in [0.1, 0.15) is 12.4 Å². The summed E-state index contributed by atoms with van der Waals surface area (Å²) in [5.41, 5.74) is 5.84. The van der Waals surface area contributed by atoms with E-state index >= 15 is 0 Å². The predicted molar refractivity (Wildman–Crippen MR) is 47.0 cm³/mol. The summed E-state index contributed by atoms with van der Waals surface area (Å²) in [6.45, 7) is -0.358. The molecule has 0 aliphatic heterocycles. The molecule has 0 radical (unpaired) electrons. The Morgan fingerprint density at radius 1 is 1.36 bits per heavy atom. The maximum absolute atomic E-state index is 11.6. The molecule has 4 nitrogen and oxygen atoms in total. The second-order valence-corrected chi connectivity index (χ2v) is 2.65. The number of hydrogen-bond donors (Lipinski definition) is 1. The fourth-order valence-electron chi connectivity index (χ4n) is 0.830. The van der Waals surface area contributed by atoms with Gasteiger partial charge in [-0.2, -0.15) is 0 Å². The fourth-order valence-corrected chi connectivity index (χ4v) is 0.830. The van der Waals surface area contributed by atoms with Crippen LogP contribution in [0, 0.1) is 0 Å². The van der Waals surface area contributed by atoms with E-state index in [4.69, 9.17) is 5.73 Å². The molecule has 0 bridgehead atoms. The van der Waals surface area contributed by atoms with Crippen molar-refractivity contribution in [2.45, 2.75) is 12.8 Å². The number of alkyl halides is 2. The van der Waals surface area contributed by atoms with E-state index in [1.807, 2.05) is 0 Å². The van der Waals surface area contributed by atoms with E-state index in [9.17, 15) is 8.78 Å². The smallest absolute Gasteiger partial charge is 0.261 e. The topological polar surface area (TPSA) is 61.0 Å². The molecular formula is C8H11F2N3O. The molecule has 1 heterocycles. The van der Waals surface area contributed by atoms with Crippen LogP contribution in [0.2, 0.25) is 0 Å². The van der Waals surface area contributed by atoms with Crippen LogP contribution in [0.4, 0.5) is 14.5 Å². The second kappa shape index (κ2) is 5.43. The summed E-state index contributed by atoms with van der Waals surface area (Å²) in [5.74, 6) is 0.536. The Balaban J connectivity index is 2.21. The van der Waals surface area contributed by atoms with Crippen LogP contribution < -0.4 is 5.73 Å². The zero-order chi connectivity index (χ0) is 10.4. The lowest BCUT2D eigenvalue weighted by atomic mass is 10.4. The summed E-state index contributed by atoms with van der Waals surface area (Å²) in [5, 5.41) is 0. The highest BCUT2D eigenvalue weighted by molar-refractivity contribution is 5.30. The number of halogens is 2. The summed E-state index contributed by atoms with van der Waals surface area (Å²) in [6, 6.07) is 0. The second-order valence-electron chi connectivity index (χ2n) is 2.65. The van der Waals surface area contributed by atoms with Gasteiger partial charge in [0.15, 0.2) is 0 Å². The van der Waals surface area contributed by atoms with Crippen molar-refractivity contribution >= 4 is 5.69 Å². The lowest BCUT2D eigenvalue weighted by molar-refractivity contribution is 0.0183. The minimum absolute atomic E-state index is 0.189. The molecule has 0 atom stereocenters. The Morgan fingerprint density at radius 3 is 2.57 bits per heavy atom. The Bertz CT molecular complexity index is 266. The first kappa shape index (κ1) is 10.8. The summed E-state index contributed by atoms with van der Waals surface area (Å²) >= 11 is 0. The van der Waals surface area contributed by atoms with Crippen LogP contribution >= 0.6 is 0 Å². The summed E-state index contributed by atoms with van der Waals surface area (Å²) in [4.78, 5) is 7.78. The molecule has 0 amide bonds. The summed E-state index contributed by atoms with van der Waals surface area (Å²) in [7, 11) is 0. The van der Waals surface area contributed by atoms with Gasteiger partial charge in [-0.3, -0.25) is 0 Å². The zero-order valence-corrected chi connectivity index (χ0v) is 7.49.